The summed E-state index contributed by atoms with van der Waals surface area (Å²) in [6.45, 7) is 2.00. The highest BCUT2D eigenvalue weighted by Gasteiger charge is 1.89. The van der Waals surface area contributed by atoms with Crippen LogP contribution in [0.25, 0.3) is 0 Å². The van der Waals surface area contributed by atoms with Crippen molar-refractivity contribution in [2.45, 2.75) is 6.92 Å². The van der Waals surface area contributed by atoms with E-state index in [9.17, 15) is 9.59 Å². The number of hydrogen-bond acceptors (Lipinski definition) is 4. The van der Waals surface area contributed by atoms with Gasteiger partial charge in [-0.2, -0.15) is 4.99 Å². The van der Waals surface area contributed by atoms with Crippen LogP contribution in [0.3, 0.4) is 0 Å². The molecule has 0 aliphatic carbocycles. The third-order valence-electron chi connectivity index (χ3n) is 0.624. The van der Waals surface area contributed by atoms with Crippen LogP contribution in [0.15, 0.2) is 17.3 Å². The first-order valence-electron chi connectivity index (χ1n) is 2.71. The molecule has 0 radical (unpaired) electrons. The van der Waals surface area contributed by atoms with Crippen molar-refractivity contribution in [3.8, 4) is 0 Å². The third kappa shape index (κ3) is 4.74. The molecule has 0 bridgehead atoms. The second kappa shape index (κ2) is 5.72. The lowest BCUT2D eigenvalue weighted by atomic mass is 10.6. The normalized spacial score (nSPS) is 8.90. The minimum absolute atomic E-state index is 0.313. The molecule has 10 heavy (non-hydrogen) atoms. The summed E-state index contributed by atoms with van der Waals surface area (Å²) >= 11 is 0. The topological polar surface area (TPSA) is 55.7 Å². The molecule has 0 fully saturated rings. The zero-order chi connectivity index (χ0) is 7.82. The van der Waals surface area contributed by atoms with Gasteiger partial charge in [-0.05, 0) is 6.92 Å². The second-order valence-electron chi connectivity index (χ2n) is 1.29. The Balaban J connectivity index is 3.66. The summed E-state index contributed by atoms with van der Waals surface area (Å²) in [5, 5.41) is 0. The van der Waals surface area contributed by atoms with Crippen LogP contribution in [-0.2, 0) is 14.3 Å². The molecule has 54 valence electrons. The van der Waals surface area contributed by atoms with Crippen molar-refractivity contribution < 1.29 is 14.3 Å². The number of rotatable bonds is 3. The van der Waals surface area contributed by atoms with E-state index in [1.807, 2.05) is 0 Å². The zero-order valence-electron chi connectivity index (χ0n) is 5.53. The molecular formula is C6H7NO3. The summed E-state index contributed by atoms with van der Waals surface area (Å²) in [4.78, 5) is 22.9. The minimum Gasteiger partial charge on any atom is -0.463 e. The molecule has 0 aliphatic rings. The molecule has 0 aromatic carbocycles. The molecule has 0 amide bonds. The Labute approximate surface area is 58.2 Å². The van der Waals surface area contributed by atoms with Crippen molar-refractivity contribution in [1.29, 1.82) is 0 Å². The molecule has 0 aromatic rings. The van der Waals surface area contributed by atoms with Crippen LogP contribution in [0.2, 0.25) is 0 Å². The molecule has 4 heteroatoms. The Morgan fingerprint density at radius 2 is 2.50 bits per heavy atom. The lowest BCUT2D eigenvalue weighted by Gasteiger charge is -1.91. The molecule has 0 heterocycles. The van der Waals surface area contributed by atoms with E-state index in [0.717, 1.165) is 12.3 Å². The number of carbonyl (C=O) groups excluding carboxylic acids is 2. The molecule has 0 saturated carbocycles. The van der Waals surface area contributed by atoms with E-state index in [4.69, 9.17) is 0 Å². The van der Waals surface area contributed by atoms with Gasteiger partial charge in [0.25, 0.3) is 0 Å². The van der Waals surface area contributed by atoms with Gasteiger partial charge in [-0.3, -0.25) is 0 Å². The van der Waals surface area contributed by atoms with Crippen molar-refractivity contribution in [1.82, 2.24) is 0 Å². The fraction of sp³-hybridized carbons (Fsp3) is 0.333. The number of carbonyl (C=O) groups is 1. The van der Waals surface area contributed by atoms with E-state index in [2.05, 4.69) is 9.73 Å². The zero-order valence-corrected chi connectivity index (χ0v) is 5.53. The molecule has 0 aliphatic heterocycles. The van der Waals surface area contributed by atoms with E-state index in [1.165, 1.54) is 6.08 Å². The molecule has 0 atom stereocenters. The fourth-order valence-electron chi connectivity index (χ4n) is 0.319. The van der Waals surface area contributed by atoms with Gasteiger partial charge < -0.3 is 4.74 Å². The monoisotopic (exact) mass is 141 g/mol. The largest absolute Gasteiger partial charge is 0.463 e. The van der Waals surface area contributed by atoms with Crippen molar-refractivity contribution in [2.75, 3.05) is 6.61 Å². The first-order valence-corrected chi connectivity index (χ1v) is 2.71. The molecule has 4 nitrogen and oxygen atoms in total. The van der Waals surface area contributed by atoms with E-state index in [-0.39, 0.29) is 0 Å². The maximum Gasteiger partial charge on any atom is 0.332 e. The Morgan fingerprint density at radius 3 is 3.00 bits per heavy atom. The average Bonchev–Trinajstić information content (AvgIpc) is 1.89. The first-order chi connectivity index (χ1) is 4.81. The summed E-state index contributed by atoms with van der Waals surface area (Å²) in [7, 11) is 0. The maximum absolute atomic E-state index is 10.4. The van der Waals surface area contributed by atoms with E-state index < -0.39 is 5.97 Å². The lowest BCUT2D eigenvalue weighted by Crippen LogP contribution is -1.98. The van der Waals surface area contributed by atoms with Gasteiger partial charge in [0, 0.05) is 12.3 Å². The Kier molecular flexibility index (Phi) is 4.91. The molecule has 0 spiro atoms. The Bertz CT molecular complexity index is 179. The third-order valence-corrected chi connectivity index (χ3v) is 0.624. The van der Waals surface area contributed by atoms with Crippen molar-refractivity contribution in [3.05, 3.63) is 12.3 Å². The standard InChI is InChI=1S/C6H7NO3/c1-2-10-6(9)3-4-7-5-8/h3-4H,2H2,1H3/b4-3+. The van der Waals surface area contributed by atoms with Gasteiger partial charge in [0.05, 0.1) is 6.61 Å². The Morgan fingerprint density at radius 1 is 1.80 bits per heavy atom. The van der Waals surface area contributed by atoms with Gasteiger partial charge in [0.2, 0.25) is 6.08 Å². The molecule has 0 saturated heterocycles. The predicted molar refractivity (Wildman–Crippen MR) is 33.9 cm³/mol. The smallest absolute Gasteiger partial charge is 0.332 e. The fourth-order valence-corrected chi connectivity index (χ4v) is 0.319. The highest BCUT2D eigenvalue weighted by atomic mass is 16.5. The molecular weight excluding hydrogens is 134 g/mol. The number of isocyanates is 1. The SMILES string of the molecule is CCOC(=O)/C=C/N=C=O. The van der Waals surface area contributed by atoms with Crippen LogP contribution in [-0.4, -0.2) is 18.7 Å². The number of aliphatic imine (C=N–C) groups is 1. The number of esters is 1. The van der Waals surface area contributed by atoms with Crippen molar-refractivity contribution >= 4 is 12.0 Å². The van der Waals surface area contributed by atoms with E-state index in [1.54, 1.807) is 6.92 Å². The molecule has 0 aromatic heterocycles. The minimum atomic E-state index is -0.512. The van der Waals surface area contributed by atoms with E-state index in [0.29, 0.717) is 6.61 Å². The van der Waals surface area contributed by atoms with Crippen LogP contribution in [0.5, 0.6) is 0 Å². The van der Waals surface area contributed by atoms with Crippen LogP contribution in [0.1, 0.15) is 6.92 Å². The van der Waals surface area contributed by atoms with Gasteiger partial charge in [-0.25, -0.2) is 9.59 Å². The van der Waals surface area contributed by atoms with Gasteiger partial charge in [-0.1, -0.05) is 0 Å². The first kappa shape index (κ1) is 8.59. The van der Waals surface area contributed by atoms with Crippen LogP contribution >= 0.6 is 0 Å². The number of ether oxygens (including phenoxy) is 1. The number of nitrogens with zero attached hydrogens (tertiary/aromatic N) is 1. The van der Waals surface area contributed by atoms with Crippen molar-refractivity contribution in [3.63, 3.8) is 0 Å². The average molecular weight is 141 g/mol. The van der Waals surface area contributed by atoms with E-state index >= 15 is 0 Å². The molecule has 0 rings (SSSR count). The Hall–Kier alpha value is -1.41. The number of hydrogen-bond donors (Lipinski definition) is 0. The van der Waals surface area contributed by atoms with Crippen LogP contribution in [0.4, 0.5) is 0 Å². The van der Waals surface area contributed by atoms with Crippen LogP contribution < -0.4 is 0 Å². The van der Waals surface area contributed by atoms with Gasteiger partial charge >= 0.3 is 5.97 Å². The van der Waals surface area contributed by atoms with Gasteiger partial charge in [0.15, 0.2) is 0 Å². The van der Waals surface area contributed by atoms with Crippen LogP contribution in [0, 0.1) is 0 Å². The predicted octanol–water partition coefficient (Wildman–Crippen LogP) is 0.399. The maximum atomic E-state index is 10.4. The molecule has 0 unspecified atom stereocenters. The van der Waals surface area contributed by atoms with Gasteiger partial charge in [0.1, 0.15) is 0 Å². The second-order valence-corrected chi connectivity index (χ2v) is 1.29. The van der Waals surface area contributed by atoms with Crippen molar-refractivity contribution in [2.24, 2.45) is 4.99 Å². The highest BCUT2D eigenvalue weighted by Crippen LogP contribution is 1.80. The quantitative estimate of drug-likeness (QED) is 0.247. The summed E-state index contributed by atoms with van der Waals surface area (Å²) in [6, 6.07) is 0. The summed E-state index contributed by atoms with van der Waals surface area (Å²) in [5.74, 6) is -0.512. The summed E-state index contributed by atoms with van der Waals surface area (Å²) < 4.78 is 4.47. The lowest BCUT2D eigenvalue weighted by molar-refractivity contribution is -0.137. The highest BCUT2D eigenvalue weighted by molar-refractivity contribution is 5.81. The molecule has 0 N–H and O–H groups in total. The van der Waals surface area contributed by atoms with Gasteiger partial charge in [-0.15, -0.1) is 0 Å². The summed E-state index contributed by atoms with van der Waals surface area (Å²) in [5.41, 5.74) is 0. The summed E-state index contributed by atoms with van der Waals surface area (Å²) in [6.07, 6.45) is 3.33.